The Morgan fingerprint density at radius 2 is 1.87 bits per heavy atom. The van der Waals surface area contributed by atoms with Gasteiger partial charge in [-0.3, -0.25) is 9.69 Å². The van der Waals surface area contributed by atoms with Crippen molar-refractivity contribution >= 4 is 5.91 Å². The number of benzene rings is 2. The Kier molecular flexibility index (Phi) is 6.41. The number of hydrogen-bond donors (Lipinski definition) is 1. The summed E-state index contributed by atoms with van der Waals surface area (Å²) in [6, 6.07) is 19.2. The number of rotatable bonds is 7. The maximum Gasteiger partial charge on any atom is 0.273 e. The maximum absolute atomic E-state index is 12.7. The Morgan fingerprint density at radius 3 is 2.57 bits per heavy atom. The molecule has 2 heterocycles. The lowest BCUT2D eigenvalue weighted by atomic mass is 10.0. The molecular formula is C23H25N3O4. The second-order valence-electron chi connectivity index (χ2n) is 7.09. The molecule has 1 amide bonds. The van der Waals surface area contributed by atoms with E-state index in [4.69, 9.17) is 14.0 Å². The number of nitrogens with one attached hydrogen (secondary N) is 1. The lowest BCUT2D eigenvalue weighted by molar-refractivity contribution is 0.0162. The Balaban J connectivity index is 1.46. The Labute approximate surface area is 175 Å². The standard InChI is InChI=1S/C23H25N3O4/c1-28-19-9-7-17(8-10-19)21(26-11-13-29-14-12-26)16-24-23(27)20-15-22(30-25-20)18-5-3-2-4-6-18/h2-10,15,21H,11-14,16H2,1H3,(H,24,27)/t21-/m1/s1. The highest BCUT2D eigenvalue weighted by atomic mass is 16.5. The van der Waals surface area contributed by atoms with E-state index >= 15 is 0 Å². The van der Waals surface area contributed by atoms with E-state index < -0.39 is 0 Å². The van der Waals surface area contributed by atoms with Crippen molar-refractivity contribution < 1.29 is 18.8 Å². The van der Waals surface area contributed by atoms with Gasteiger partial charge in [0.15, 0.2) is 11.5 Å². The van der Waals surface area contributed by atoms with Crippen LogP contribution in [0.1, 0.15) is 22.1 Å². The summed E-state index contributed by atoms with van der Waals surface area (Å²) in [5, 5.41) is 6.95. The molecule has 1 atom stereocenters. The second kappa shape index (κ2) is 9.56. The molecule has 7 heteroatoms. The Hall–Kier alpha value is -3.16. The highest BCUT2D eigenvalue weighted by molar-refractivity contribution is 5.93. The number of nitrogens with zero attached hydrogens (tertiary/aromatic N) is 2. The van der Waals surface area contributed by atoms with Gasteiger partial charge in [0, 0.05) is 31.3 Å². The molecule has 1 aromatic heterocycles. The number of carbonyl (C=O) groups is 1. The molecule has 0 spiro atoms. The summed E-state index contributed by atoms with van der Waals surface area (Å²) < 4.78 is 16.1. The molecule has 1 aliphatic heterocycles. The van der Waals surface area contributed by atoms with Gasteiger partial charge in [0.05, 0.1) is 26.4 Å². The monoisotopic (exact) mass is 407 g/mol. The van der Waals surface area contributed by atoms with Crippen LogP contribution in [0.5, 0.6) is 5.75 Å². The van der Waals surface area contributed by atoms with Crippen LogP contribution in [0.4, 0.5) is 0 Å². The molecule has 3 aromatic rings. The SMILES string of the molecule is COc1ccc([C@@H](CNC(=O)c2cc(-c3ccccc3)on2)N2CCOCC2)cc1. The zero-order valence-corrected chi connectivity index (χ0v) is 16.9. The van der Waals surface area contributed by atoms with Gasteiger partial charge in [0.2, 0.25) is 0 Å². The van der Waals surface area contributed by atoms with Crippen LogP contribution >= 0.6 is 0 Å². The summed E-state index contributed by atoms with van der Waals surface area (Å²) in [6.07, 6.45) is 0. The number of aromatic nitrogens is 1. The lowest BCUT2D eigenvalue weighted by Gasteiger charge is -2.34. The van der Waals surface area contributed by atoms with E-state index in [1.165, 1.54) is 0 Å². The molecule has 1 fully saturated rings. The molecule has 0 bridgehead atoms. The Morgan fingerprint density at radius 1 is 1.13 bits per heavy atom. The van der Waals surface area contributed by atoms with Crippen LogP contribution in [-0.2, 0) is 4.74 Å². The van der Waals surface area contributed by atoms with Crippen molar-refractivity contribution in [2.75, 3.05) is 40.0 Å². The van der Waals surface area contributed by atoms with Gasteiger partial charge < -0.3 is 19.3 Å². The van der Waals surface area contributed by atoms with Gasteiger partial charge in [-0.25, -0.2) is 0 Å². The third-order valence-corrected chi connectivity index (χ3v) is 5.24. The average Bonchev–Trinajstić information content (AvgIpc) is 3.31. The molecule has 0 radical (unpaired) electrons. The van der Waals surface area contributed by atoms with Crippen LogP contribution in [0.3, 0.4) is 0 Å². The highest BCUT2D eigenvalue weighted by Crippen LogP contribution is 2.24. The smallest absolute Gasteiger partial charge is 0.273 e. The van der Waals surface area contributed by atoms with Crippen LogP contribution in [-0.4, -0.2) is 55.9 Å². The first-order valence-corrected chi connectivity index (χ1v) is 10.0. The van der Waals surface area contributed by atoms with Crippen molar-refractivity contribution in [2.45, 2.75) is 6.04 Å². The van der Waals surface area contributed by atoms with Crippen molar-refractivity contribution in [3.63, 3.8) is 0 Å². The van der Waals surface area contributed by atoms with E-state index in [0.717, 1.165) is 30.0 Å². The average molecular weight is 407 g/mol. The lowest BCUT2D eigenvalue weighted by Crippen LogP contribution is -2.43. The first kappa shape index (κ1) is 20.1. The number of morpholine rings is 1. The molecule has 7 nitrogen and oxygen atoms in total. The van der Waals surface area contributed by atoms with Crippen molar-refractivity contribution in [3.05, 3.63) is 71.9 Å². The zero-order chi connectivity index (χ0) is 20.8. The molecule has 1 saturated heterocycles. The third-order valence-electron chi connectivity index (χ3n) is 5.24. The minimum absolute atomic E-state index is 0.0317. The molecule has 0 aliphatic carbocycles. The summed E-state index contributed by atoms with van der Waals surface area (Å²) in [4.78, 5) is 15.0. The number of amides is 1. The van der Waals surface area contributed by atoms with E-state index in [2.05, 4.69) is 15.4 Å². The number of hydrogen-bond acceptors (Lipinski definition) is 6. The van der Waals surface area contributed by atoms with E-state index in [1.54, 1.807) is 13.2 Å². The van der Waals surface area contributed by atoms with Crippen LogP contribution in [0.2, 0.25) is 0 Å². The van der Waals surface area contributed by atoms with Gasteiger partial charge in [0.25, 0.3) is 5.91 Å². The van der Waals surface area contributed by atoms with Gasteiger partial charge >= 0.3 is 0 Å². The van der Waals surface area contributed by atoms with Gasteiger partial charge in [0.1, 0.15) is 5.75 Å². The van der Waals surface area contributed by atoms with Crippen LogP contribution in [0, 0.1) is 0 Å². The number of ether oxygens (including phenoxy) is 2. The van der Waals surface area contributed by atoms with Crippen molar-refractivity contribution in [2.24, 2.45) is 0 Å². The highest BCUT2D eigenvalue weighted by Gasteiger charge is 2.24. The van der Waals surface area contributed by atoms with Gasteiger partial charge in [-0.1, -0.05) is 47.6 Å². The predicted molar refractivity (Wildman–Crippen MR) is 112 cm³/mol. The molecule has 0 saturated carbocycles. The topological polar surface area (TPSA) is 76.8 Å². The molecule has 4 rings (SSSR count). The fraction of sp³-hybridized carbons (Fsp3) is 0.304. The normalized spacial score (nSPS) is 15.5. The van der Waals surface area contributed by atoms with E-state index in [0.29, 0.717) is 25.5 Å². The van der Waals surface area contributed by atoms with Crippen LogP contribution in [0.15, 0.2) is 65.2 Å². The summed E-state index contributed by atoms with van der Waals surface area (Å²) in [7, 11) is 1.65. The molecule has 156 valence electrons. The Bertz CT molecular complexity index is 950. The minimum Gasteiger partial charge on any atom is -0.497 e. The first-order chi connectivity index (χ1) is 14.7. The van der Waals surface area contributed by atoms with Crippen molar-refractivity contribution in [1.82, 2.24) is 15.4 Å². The van der Waals surface area contributed by atoms with Crippen LogP contribution < -0.4 is 10.1 Å². The minimum atomic E-state index is -0.257. The van der Waals surface area contributed by atoms with Gasteiger partial charge in [-0.2, -0.15) is 0 Å². The fourth-order valence-electron chi connectivity index (χ4n) is 3.57. The predicted octanol–water partition coefficient (Wildman–Crippen LogP) is 3.15. The summed E-state index contributed by atoms with van der Waals surface area (Å²) in [5.41, 5.74) is 2.26. The molecule has 1 aliphatic rings. The molecule has 1 N–H and O–H groups in total. The van der Waals surface area contributed by atoms with Gasteiger partial charge in [-0.05, 0) is 17.7 Å². The number of methoxy groups -OCH3 is 1. The summed E-state index contributed by atoms with van der Waals surface area (Å²) in [5.74, 6) is 1.12. The molecule has 30 heavy (non-hydrogen) atoms. The van der Waals surface area contributed by atoms with E-state index in [1.807, 2.05) is 54.6 Å². The second-order valence-corrected chi connectivity index (χ2v) is 7.09. The largest absolute Gasteiger partial charge is 0.497 e. The van der Waals surface area contributed by atoms with Crippen molar-refractivity contribution in [1.29, 1.82) is 0 Å². The van der Waals surface area contributed by atoms with Crippen LogP contribution in [0.25, 0.3) is 11.3 Å². The quantitative estimate of drug-likeness (QED) is 0.648. The zero-order valence-electron chi connectivity index (χ0n) is 16.9. The maximum atomic E-state index is 12.7. The molecule has 2 aromatic carbocycles. The molecular weight excluding hydrogens is 382 g/mol. The molecule has 0 unspecified atom stereocenters. The first-order valence-electron chi connectivity index (χ1n) is 10.0. The van der Waals surface area contributed by atoms with E-state index in [-0.39, 0.29) is 17.6 Å². The third kappa shape index (κ3) is 4.69. The summed E-state index contributed by atoms with van der Waals surface area (Å²) in [6.45, 7) is 3.46. The summed E-state index contributed by atoms with van der Waals surface area (Å²) >= 11 is 0. The fourth-order valence-corrected chi connectivity index (χ4v) is 3.57. The van der Waals surface area contributed by atoms with E-state index in [9.17, 15) is 4.79 Å². The van der Waals surface area contributed by atoms with Crippen molar-refractivity contribution in [3.8, 4) is 17.1 Å². The number of carbonyl (C=O) groups excluding carboxylic acids is 1. The van der Waals surface area contributed by atoms with Gasteiger partial charge in [-0.15, -0.1) is 0 Å².